The number of amides is 2. The van der Waals surface area contributed by atoms with Crippen molar-refractivity contribution in [1.29, 1.82) is 0 Å². The van der Waals surface area contributed by atoms with E-state index in [4.69, 9.17) is 24.0 Å². The zero-order valence-corrected chi connectivity index (χ0v) is 34.5. The van der Waals surface area contributed by atoms with Crippen LogP contribution in [-0.2, 0) is 51.6 Å². The SMILES string of the molecule is CC(C)(COP(=O)(O)OP(=O)(O)OCC1OC(C)(n2cnc3c(N)ncnc32)C(O)C1OP(=O)(O)O)C(O)C(=O)NCCC(=O)NCCSC(=O)SCCS. The van der Waals surface area contributed by atoms with Crippen LogP contribution in [0.3, 0.4) is 0 Å². The second-order valence-corrected chi connectivity index (χ2v) is 19.4. The van der Waals surface area contributed by atoms with E-state index < -0.39 is 84.1 Å². The third kappa shape index (κ3) is 14.0. The fraction of sp³-hybridized carbons (Fsp3) is 0.680. The van der Waals surface area contributed by atoms with Crippen LogP contribution >= 0.6 is 59.6 Å². The van der Waals surface area contributed by atoms with Crippen LogP contribution < -0.4 is 16.4 Å². The Balaban J connectivity index is 1.53. The highest BCUT2D eigenvalue weighted by Gasteiger charge is 2.57. The van der Waals surface area contributed by atoms with E-state index in [0.29, 0.717) is 17.3 Å². The van der Waals surface area contributed by atoms with Gasteiger partial charge in [0, 0.05) is 36.4 Å². The van der Waals surface area contributed by atoms with Gasteiger partial charge in [-0.3, -0.25) is 32.5 Å². The predicted molar refractivity (Wildman–Crippen MR) is 198 cm³/mol. The molecule has 0 aliphatic carbocycles. The van der Waals surface area contributed by atoms with Crippen LogP contribution in [0.4, 0.5) is 10.6 Å². The molecular weight excluding hydrogens is 859 g/mol. The first-order valence-electron chi connectivity index (χ1n) is 15.7. The van der Waals surface area contributed by atoms with Crippen molar-refractivity contribution in [1.82, 2.24) is 30.2 Å². The fourth-order valence-corrected chi connectivity index (χ4v) is 9.30. The summed E-state index contributed by atoms with van der Waals surface area (Å²) in [7, 11) is -16.4. The smallest absolute Gasteiger partial charge is 0.385 e. The van der Waals surface area contributed by atoms with Gasteiger partial charge in [0.25, 0.3) is 0 Å². The fourth-order valence-electron chi connectivity index (χ4n) is 4.75. The minimum absolute atomic E-state index is 0.0182. The Morgan fingerprint density at radius 3 is 2.38 bits per heavy atom. The lowest BCUT2D eigenvalue weighted by molar-refractivity contribution is -0.137. The van der Waals surface area contributed by atoms with Gasteiger partial charge in [-0.1, -0.05) is 37.4 Å². The molecule has 312 valence electrons. The van der Waals surface area contributed by atoms with E-state index in [1.54, 1.807) is 0 Å². The molecule has 7 unspecified atom stereocenters. The molecule has 24 nitrogen and oxygen atoms in total. The monoisotopic (exact) mass is 901 g/mol. The minimum atomic E-state index is -5.59. The van der Waals surface area contributed by atoms with Gasteiger partial charge < -0.3 is 50.9 Å². The number of aromatic nitrogens is 4. The third-order valence-corrected chi connectivity index (χ3v) is 13.1. The first-order chi connectivity index (χ1) is 25.4. The van der Waals surface area contributed by atoms with Crippen LogP contribution in [0, 0.1) is 5.41 Å². The van der Waals surface area contributed by atoms with Crippen LogP contribution in [0.25, 0.3) is 11.2 Å². The van der Waals surface area contributed by atoms with Crippen molar-refractivity contribution >= 4 is 92.9 Å². The van der Waals surface area contributed by atoms with Crippen LogP contribution in [0.5, 0.6) is 0 Å². The molecule has 30 heteroatoms. The van der Waals surface area contributed by atoms with Gasteiger partial charge in [0.2, 0.25) is 16.3 Å². The quantitative estimate of drug-likeness (QED) is 0.0451. The topological polar surface area (TPSA) is 364 Å². The number of hydrogen-bond donors (Lipinski definition) is 10. The number of nitrogens with two attached hydrogens (primary N) is 1. The normalized spacial score (nSPS) is 23.2. The zero-order valence-electron chi connectivity index (χ0n) is 29.3. The molecule has 3 heterocycles. The molecule has 0 saturated carbocycles. The minimum Gasteiger partial charge on any atom is -0.385 e. The van der Waals surface area contributed by atoms with Crippen molar-refractivity contribution in [3.05, 3.63) is 12.7 Å². The second-order valence-electron chi connectivity index (χ2n) is 12.3. The number of nitrogens with zero attached hydrogens (tertiary/aromatic N) is 4. The number of aliphatic hydroxyl groups is 2. The largest absolute Gasteiger partial charge is 0.481 e. The van der Waals surface area contributed by atoms with Gasteiger partial charge in [-0.05, 0) is 12.7 Å². The van der Waals surface area contributed by atoms with Crippen molar-refractivity contribution < 1.29 is 80.5 Å². The number of phosphoric acid groups is 3. The number of carbonyl (C=O) groups excluding carboxylic acids is 3. The molecule has 0 spiro atoms. The number of ether oxygens (including phenoxy) is 1. The van der Waals surface area contributed by atoms with Crippen molar-refractivity contribution in [3.8, 4) is 0 Å². The molecule has 3 rings (SSSR count). The first kappa shape index (κ1) is 47.6. The molecule has 2 aromatic rings. The molecule has 1 saturated heterocycles. The average molecular weight is 902 g/mol. The number of anilines is 1. The van der Waals surface area contributed by atoms with E-state index in [0.717, 1.165) is 40.7 Å². The van der Waals surface area contributed by atoms with Crippen molar-refractivity contribution in [3.63, 3.8) is 0 Å². The van der Waals surface area contributed by atoms with Crippen LogP contribution in [0.15, 0.2) is 12.7 Å². The van der Waals surface area contributed by atoms with Crippen LogP contribution in [-0.4, -0.2) is 134 Å². The van der Waals surface area contributed by atoms with E-state index >= 15 is 0 Å². The summed E-state index contributed by atoms with van der Waals surface area (Å²) in [6.07, 6.45) is -5.50. The highest BCUT2D eigenvalue weighted by molar-refractivity contribution is 8.38. The standard InChI is InChI=1S/C25H42N7O17P3S3/c1-24(2,19(35)22(36)28-5-4-15(33)27-6-8-54-23(37)55-9-7-53)11-46-52(43,44)49-51(41,42)45-10-14-17(48-50(38,39)40)18(34)25(3,47-14)32-13-31-16-20(26)29-12-30-21(16)32/h12-14,17-19,34-35,53H,4-11H2,1-3H3,(H,27,33)(H,28,36)(H,41,42)(H,43,44)(H2,26,29,30)(H2,38,39,40). The number of phosphoric ester groups is 3. The molecule has 0 bridgehead atoms. The Kier molecular flexibility index (Phi) is 17.2. The Morgan fingerprint density at radius 2 is 1.73 bits per heavy atom. The molecule has 1 aliphatic rings. The second kappa shape index (κ2) is 19.8. The Labute approximate surface area is 327 Å². The first-order valence-corrected chi connectivity index (χ1v) is 22.9. The number of nitrogens with one attached hydrogen (secondary N) is 2. The molecule has 10 N–H and O–H groups in total. The third-order valence-electron chi connectivity index (χ3n) is 7.52. The molecule has 1 fully saturated rings. The van der Waals surface area contributed by atoms with Gasteiger partial charge >= 0.3 is 23.5 Å². The lowest BCUT2D eigenvalue weighted by atomic mass is 9.87. The summed E-state index contributed by atoms with van der Waals surface area (Å²) in [6, 6.07) is 0. The summed E-state index contributed by atoms with van der Waals surface area (Å²) in [5.41, 5.74) is 2.30. The van der Waals surface area contributed by atoms with Crippen molar-refractivity contribution in [2.24, 2.45) is 5.41 Å². The molecule has 7 atom stereocenters. The molecule has 55 heavy (non-hydrogen) atoms. The van der Waals surface area contributed by atoms with Gasteiger partial charge in [-0.15, -0.1) is 0 Å². The number of carbonyl (C=O) groups is 3. The van der Waals surface area contributed by atoms with Gasteiger partial charge in [-0.2, -0.15) is 16.9 Å². The predicted octanol–water partition coefficient (Wildman–Crippen LogP) is 0.0952. The van der Waals surface area contributed by atoms with E-state index in [1.807, 2.05) is 0 Å². The van der Waals surface area contributed by atoms with Crippen LogP contribution in [0.1, 0.15) is 27.2 Å². The summed E-state index contributed by atoms with van der Waals surface area (Å²) in [5.74, 6) is -0.0118. The molecule has 0 radical (unpaired) electrons. The summed E-state index contributed by atoms with van der Waals surface area (Å²) >= 11 is 6.17. The maximum atomic E-state index is 12.7. The van der Waals surface area contributed by atoms with E-state index in [-0.39, 0.29) is 40.9 Å². The molecule has 2 amide bonds. The van der Waals surface area contributed by atoms with Gasteiger partial charge in [-0.25, -0.2) is 28.6 Å². The number of thiol groups is 1. The lowest BCUT2D eigenvalue weighted by Crippen LogP contribution is -2.46. The number of aliphatic hydroxyl groups excluding tert-OH is 2. The van der Waals surface area contributed by atoms with Crippen molar-refractivity contribution in [2.75, 3.05) is 49.3 Å². The number of rotatable bonds is 21. The van der Waals surface area contributed by atoms with Gasteiger partial charge in [0.05, 0.1) is 19.5 Å². The van der Waals surface area contributed by atoms with E-state index in [9.17, 15) is 57.9 Å². The molecular formula is C25H42N7O17P3S3. The van der Waals surface area contributed by atoms with E-state index in [1.165, 1.54) is 20.8 Å². The highest BCUT2D eigenvalue weighted by Crippen LogP contribution is 2.61. The molecule has 1 aliphatic heterocycles. The van der Waals surface area contributed by atoms with Crippen molar-refractivity contribution in [2.45, 2.75) is 57.3 Å². The number of imidazole rings is 1. The number of thioether (sulfide) groups is 2. The summed E-state index contributed by atoms with van der Waals surface area (Å²) in [4.78, 5) is 87.4. The zero-order chi connectivity index (χ0) is 41.4. The average Bonchev–Trinajstić information content (AvgIpc) is 3.63. The summed E-state index contributed by atoms with van der Waals surface area (Å²) in [6.45, 7) is 1.70. The van der Waals surface area contributed by atoms with Gasteiger partial charge in [0.15, 0.2) is 17.2 Å². The van der Waals surface area contributed by atoms with Gasteiger partial charge in [0.1, 0.15) is 36.3 Å². The number of fused-ring (bicyclic) bond motifs is 1. The number of hydrogen-bond acceptors (Lipinski definition) is 20. The highest BCUT2D eigenvalue weighted by atomic mass is 32.2. The Hall–Kier alpha value is -1.74. The maximum absolute atomic E-state index is 12.7. The lowest BCUT2D eigenvalue weighted by Gasteiger charge is -2.30. The Bertz CT molecular complexity index is 1820. The van der Waals surface area contributed by atoms with E-state index in [2.05, 4.69) is 42.5 Å². The summed E-state index contributed by atoms with van der Waals surface area (Å²) in [5, 5.41) is 26.6. The molecule has 0 aromatic carbocycles. The van der Waals surface area contributed by atoms with Crippen LogP contribution in [0.2, 0.25) is 0 Å². The maximum Gasteiger partial charge on any atom is 0.481 e. The summed E-state index contributed by atoms with van der Waals surface area (Å²) < 4.78 is 62.5. The Morgan fingerprint density at radius 1 is 1.07 bits per heavy atom. The number of nitrogen functional groups attached to an aromatic ring is 1. The molecule has 2 aromatic heterocycles.